The van der Waals surface area contributed by atoms with Gasteiger partial charge in [-0.1, -0.05) is 45.1 Å². The molecule has 0 saturated carbocycles. The average molecular weight is 225 g/mol. The topological polar surface area (TPSA) is 12.0 Å². The number of thiophene rings is 1. The molecule has 0 radical (unpaired) electrons. The van der Waals surface area contributed by atoms with Crippen LogP contribution in [0.2, 0.25) is 0 Å². The Kier molecular flexibility index (Phi) is 7.58. The first-order valence-corrected chi connectivity index (χ1v) is 7.04. The van der Waals surface area contributed by atoms with Gasteiger partial charge in [0.15, 0.2) is 0 Å². The lowest BCUT2D eigenvalue weighted by Crippen LogP contribution is -2.13. The molecule has 15 heavy (non-hydrogen) atoms. The standard InChI is InChI=1S/C13H23NS/c1-2-3-4-5-6-7-10-14-12-13-9-8-11-15-13/h8-9,11,14H,2-7,10,12H2,1H3. The van der Waals surface area contributed by atoms with E-state index in [1.54, 1.807) is 0 Å². The second-order valence-electron chi connectivity index (χ2n) is 4.02. The fourth-order valence-electron chi connectivity index (χ4n) is 1.66. The Labute approximate surface area is 97.9 Å². The van der Waals surface area contributed by atoms with Gasteiger partial charge in [-0.15, -0.1) is 11.3 Å². The first-order chi connectivity index (χ1) is 7.43. The monoisotopic (exact) mass is 225 g/mol. The smallest absolute Gasteiger partial charge is 0.0299 e. The highest BCUT2D eigenvalue weighted by molar-refractivity contribution is 7.09. The van der Waals surface area contributed by atoms with E-state index >= 15 is 0 Å². The molecule has 1 heterocycles. The summed E-state index contributed by atoms with van der Waals surface area (Å²) in [5.74, 6) is 0. The van der Waals surface area contributed by atoms with Crippen molar-refractivity contribution < 1.29 is 0 Å². The number of unbranched alkanes of at least 4 members (excludes halogenated alkanes) is 5. The summed E-state index contributed by atoms with van der Waals surface area (Å²) < 4.78 is 0. The van der Waals surface area contributed by atoms with Gasteiger partial charge in [0.25, 0.3) is 0 Å². The van der Waals surface area contributed by atoms with Crippen LogP contribution in [0.4, 0.5) is 0 Å². The summed E-state index contributed by atoms with van der Waals surface area (Å²) >= 11 is 1.84. The zero-order chi connectivity index (χ0) is 10.8. The lowest BCUT2D eigenvalue weighted by Gasteiger charge is -2.02. The quantitative estimate of drug-likeness (QED) is 0.621. The Hall–Kier alpha value is -0.340. The first kappa shape index (κ1) is 12.7. The third-order valence-corrected chi connectivity index (χ3v) is 3.46. The molecular weight excluding hydrogens is 202 g/mol. The maximum atomic E-state index is 3.49. The van der Waals surface area contributed by atoms with Crippen LogP contribution in [0.3, 0.4) is 0 Å². The summed E-state index contributed by atoms with van der Waals surface area (Å²) in [6.45, 7) is 4.49. The minimum atomic E-state index is 1.05. The molecule has 1 aromatic rings. The van der Waals surface area contributed by atoms with Gasteiger partial charge in [-0.25, -0.2) is 0 Å². The maximum Gasteiger partial charge on any atom is 0.0299 e. The van der Waals surface area contributed by atoms with Crippen LogP contribution in [0.5, 0.6) is 0 Å². The van der Waals surface area contributed by atoms with E-state index in [0.717, 1.165) is 6.54 Å². The van der Waals surface area contributed by atoms with Gasteiger partial charge in [0.2, 0.25) is 0 Å². The van der Waals surface area contributed by atoms with Gasteiger partial charge in [0.1, 0.15) is 0 Å². The van der Waals surface area contributed by atoms with Crippen LogP contribution in [-0.4, -0.2) is 6.54 Å². The zero-order valence-corrected chi connectivity index (χ0v) is 10.6. The molecule has 1 aromatic heterocycles. The summed E-state index contributed by atoms with van der Waals surface area (Å²) in [5.41, 5.74) is 0. The van der Waals surface area contributed by atoms with Crippen LogP contribution in [0.15, 0.2) is 17.5 Å². The molecule has 0 aromatic carbocycles. The molecule has 0 fully saturated rings. The molecule has 0 unspecified atom stereocenters. The van der Waals surface area contributed by atoms with Crippen molar-refractivity contribution in [3.05, 3.63) is 22.4 Å². The Bertz CT molecular complexity index is 218. The van der Waals surface area contributed by atoms with Crippen molar-refractivity contribution in [2.45, 2.75) is 52.0 Å². The van der Waals surface area contributed by atoms with Gasteiger partial charge in [-0.3, -0.25) is 0 Å². The predicted molar refractivity (Wildman–Crippen MR) is 69.4 cm³/mol. The summed E-state index contributed by atoms with van der Waals surface area (Å²) in [4.78, 5) is 1.45. The number of hydrogen-bond donors (Lipinski definition) is 1. The van der Waals surface area contributed by atoms with E-state index in [4.69, 9.17) is 0 Å². The van der Waals surface area contributed by atoms with Crippen LogP contribution in [0.1, 0.15) is 50.3 Å². The van der Waals surface area contributed by atoms with Crippen LogP contribution in [0.25, 0.3) is 0 Å². The molecule has 2 heteroatoms. The van der Waals surface area contributed by atoms with E-state index in [1.807, 2.05) is 11.3 Å². The molecule has 0 amide bonds. The van der Waals surface area contributed by atoms with E-state index in [0.29, 0.717) is 0 Å². The highest BCUT2D eigenvalue weighted by atomic mass is 32.1. The average Bonchev–Trinajstić information content (AvgIpc) is 2.75. The van der Waals surface area contributed by atoms with Crippen molar-refractivity contribution in [3.63, 3.8) is 0 Å². The number of hydrogen-bond acceptors (Lipinski definition) is 2. The van der Waals surface area contributed by atoms with Gasteiger partial charge in [-0.2, -0.15) is 0 Å². The Morgan fingerprint density at radius 2 is 1.93 bits per heavy atom. The highest BCUT2D eigenvalue weighted by Gasteiger charge is 1.93. The fraction of sp³-hybridized carbons (Fsp3) is 0.692. The van der Waals surface area contributed by atoms with E-state index < -0.39 is 0 Å². The van der Waals surface area contributed by atoms with Gasteiger partial charge >= 0.3 is 0 Å². The van der Waals surface area contributed by atoms with Crippen molar-refractivity contribution in [1.82, 2.24) is 5.32 Å². The van der Waals surface area contributed by atoms with Crippen molar-refractivity contribution in [3.8, 4) is 0 Å². The molecule has 0 aliphatic rings. The van der Waals surface area contributed by atoms with Gasteiger partial charge in [0, 0.05) is 11.4 Å². The fourth-order valence-corrected chi connectivity index (χ4v) is 2.33. The third kappa shape index (κ3) is 6.69. The van der Waals surface area contributed by atoms with Gasteiger partial charge < -0.3 is 5.32 Å². The highest BCUT2D eigenvalue weighted by Crippen LogP contribution is 2.08. The lowest BCUT2D eigenvalue weighted by molar-refractivity contribution is 0.573. The first-order valence-electron chi connectivity index (χ1n) is 6.16. The third-order valence-electron chi connectivity index (χ3n) is 2.59. The predicted octanol–water partition coefficient (Wildman–Crippen LogP) is 4.20. The van der Waals surface area contributed by atoms with Gasteiger partial charge in [-0.05, 0) is 24.4 Å². The Morgan fingerprint density at radius 3 is 2.67 bits per heavy atom. The van der Waals surface area contributed by atoms with Crippen LogP contribution >= 0.6 is 11.3 Å². The largest absolute Gasteiger partial charge is 0.312 e. The molecule has 0 bridgehead atoms. The normalized spacial score (nSPS) is 10.7. The minimum Gasteiger partial charge on any atom is -0.312 e. The van der Waals surface area contributed by atoms with Crippen molar-refractivity contribution in [1.29, 1.82) is 0 Å². The van der Waals surface area contributed by atoms with E-state index in [9.17, 15) is 0 Å². The van der Waals surface area contributed by atoms with E-state index in [-0.39, 0.29) is 0 Å². The number of nitrogens with one attached hydrogen (secondary N) is 1. The second kappa shape index (κ2) is 8.93. The Balaban J connectivity index is 1.81. The Morgan fingerprint density at radius 1 is 1.13 bits per heavy atom. The molecule has 1 rings (SSSR count). The lowest BCUT2D eigenvalue weighted by atomic mass is 10.1. The van der Waals surface area contributed by atoms with Crippen molar-refractivity contribution in [2.75, 3.05) is 6.54 Å². The summed E-state index contributed by atoms with van der Waals surface area (Å²) in [6, 6.07) is 4.31. The van der Waals surface area contributed by atoms with Crippen LogP contribution in [0, 0.1) is 0 Å². The van der Waals surface area contributed by atoms with Crippen LogP contribution < -0.4 is 5.32 Å². The van der Waals surface area contributed by atoms with Crippen molar-refractivity contribution in [2.24, 2.45) is 0 Å². The summed E-state index contributed by atoms with van der Waals surface area (Å²) in [7, 11) is 0. The van der Waals surface area contributed by atoms with Crippen molar-refractivity contribution >= 4 is 11.3 Å². The molecule has 1 nitrogen and oxygen atoms in total. The molecule has 0 aliphatic carbocycles. The molecule has 86 valence electrons. The minimum absolute atomic E-state index is 1.05. The SMILES string of the molecule is CCCCCCCCNCc1cccs1. The zero-order valence-electron chi connectivity index (χ0n) is 9.80. The number of rotatable bonds is 9. The van der Waals surface area contributed by atoms with E-state index in [1.165, 1.54) is 49.9 Å². The summed E-state index contributed by atoms with van der Waals surface area (Å²) in [5, 5.41) is 5.63. The molecule has 0 atom stereocenters. The molecule has 0 aliphatic heterocycles. The second-order valence-corrected chi connectivity index (χ2v) is 5.06. The maximum absolute atomic E-state index is 3.49. The molecule has 0 saturated heterocycles. The van der Waals surface area contributed by atoms with E-state index in [2.05, 4.69) is 29.8 Å². The van der Waals surface area contributed by atoms with Gasteiger partial charge in [0.05, 0.1) is 0 Å². The summed E-state index contributed by atoms with van der Waals surface area (Å²) in [6.07, 6.45) is 8.29. The molecule has 1 N–H and O–H groups in total. The molecule has 0 spiro atoms. The van der Waals surface area contributed by atoms with Crippen LogP contribution in [-0.2, 0) is 6.54 Å². The molecular formula is C13H23NS.